The van der Waals surface area contributed by atoms with Crippen LogP contribution in [0.4, 0.5) is 5.69 Å². The molecule has 1 rings (SSSR count). The molecule has 0 amide bonds. The second kappa shape index (κ2) is 7.15. The van der Waals surface area contributed by atoms with Gasteiger partial charge in [-0.15, -0.1) is 11.6 Å². The van der Waals surface area contributed by atoms with Gasteiger partial charge in [-0.1, -0.05) is 19.1 Å². The molecular formula is C14H22ClNO2S. The van der Waals surface area contributed by atoms with E-state index in [2.05, 4.69) is 5.32 Å². The lowest BCUT2D eigenvalue weighted by Gasteiger charge is -2.19. The molecule has 3 nitrogen and oxygen atoms in total. The molecular weight excluding hydrogens is 282 g/mol. The SMILES string of the molecule is CCCS(=O)(=O)c1ccccc1NC(C)CC(C)Cl. The van der Waals surface area contributed by atoms with Crippen molar-refractivity contribution in [1.29, 1.82) is 0 Å². The molecule has 0 radical (unpaired) electrons. The van der Waals surface area contributed by atoms with Gasteiger partial charge in [0.2, 0.25) is 0 Å². The van der Waals surface area contributed by atoms with Crippen LogP contribution < -0.4 is 5.32 Å². The van der Waals surface area contributed by atoms with Crippen molar-refractivity contribution in [2.45, 2.75) is 49.9 Å². The number of benzene rings is 1. The van der Waals surface area contributed by atoms with Crippen LogP contribution in [0.1, 0.15) is 33.6 Å². The molecule has 108 valence electrons. The Kier molecular flexibility index (Phi) is 6.14. The first-order valence-corrected chi connectivity index (χ1v) is 8.68. The number of rotatable bonds is 7. The predicted octanol–water partition coefficient (Wildman–Crippen LogP) is 3.69. The topological polar surface area (TPSA) is 46.2 Å². The van der Waals surface area contributed by atoms with Crippen LogP contribution in [0.25, 0.3) is 0 Å². The third kappa shape index (κ3) is 5.03. The minimum atomic E-state index is -3.21. The first kappa shape index (κ1) is 16.3. The van der Waals surface area contributed by atoms with Crippen molar-refractivity contribution in [3.63, 3.8) is 0 Å². The standard InChI is InChI=1S/C14H22ClNO2S/c1-4-9-19(17,18)14-8-6-5-7-13(14)16-12(3)10-11(2)15/h5-8,11-12,16H,4,9-10H2,1-3H3. The zero-order chi connectivity index (χ0) is 14.5. The Bertz CT molecular complexity index is 500. The number of hydrogen-bond donors (Lipinski definition) is 1. The molecule has 0 spiro atoms. The summed E-state index contributed by atoms with van der Waals surface area (Å²) in [5, 5.41) is 3.30. The first-order valence-electron chi connectivity index (χ1n) is 6.59. The fourth-order valence-electron chi connectivity index (χ4n) is 2.05. The highest BCUT2D eigenvalue weighted by Crippen LogP contribution is 2.24. The molecule has 0 aliphatic heterocycles. The zero-order valence-corrected chi connectivity index (χ0v) is 13.3. The predicted molar refractivity (Wildman–Crippen MR) is 81.8 cm³/mol. The van der Waals surface area contributed by atoms with E-state index >= 15 is 0 Å². The Balaban J connectivity index is 2.97. The number of alkyl halides is 1. The van der Waals surface area contributed by atoms with E-state index in [9.17, 15) is 8.42 Å². The summed E-state index contributed by atoms with van der Waals surface area (Å²) in [6, 6.07) is 7.18. The Labute approximate surface area is 121 Å². The van der Waals surface area contributed by atoms with Crippen LogP contribution in [0, 0.1) is 0 Å². The van der Waals surface area contributed by atoms with Crippen LogP contribution in [-0.4, -0.2) is 25.6 Å². The van der Waals surface area contributed by atoms with E-state index in [0.29, 0.717) is 17.0 Å². The molecule has 0 aromatic heterocycles. The third-order valence-corrected chi connectivity index (χ3v) is 4.93. The van der Waals surface area contributed by atoms with Gasteiger partial charge in [-0.05, 0) is 38.8 Å². The number of nitrogens with one attached hydrogen (secondary N) is 1. The summed E-state index contributed by atoms with van der Waals surface area (Å²) >= 11 is 5.96. The van der Waals surface area contributed by atoms with Gasteiger partial charge < -0.3 is 5.32 Å². The summed E-state index contributed by atoms with van der Waals surface area (Å²) < 4.78 is 24.4. The molecule has 0 saturated heterocycles. The maximum Gasteiger partial charge on any atom is 0.180 e. The second-order valence-electron chi connectivity index (χ2n) is 4.88. The molecule has 1 N–H and O–H groups in total. The van der Waals surface area contributed by atoms with Gasteiger partial charge in [-0.2, -0.15) is 0 Å². The summed E-state index contributed by atoms with van der Waals surface area (Å²) in [5.41, 5.74) is 0.667. The van der Waals surface area contributed by atoms with Gasteiger partial charge in [-0.25, -0.2) is 8.42 Å². The summed E-state index contributed by atoms with van der Waals surface area (Å²) in [4.78, 5) is 0.380. The van der Waals surface area contributed by atoms with Crippen LogP contribution in [0.5, 0.6) is 0 Å². The Morgan fingerprint density at radius 1 is 1.26 bits per heavy atom. The number of para-hydroxylation sites is 1. The zero-order valence-electron chi connectivity index (χ0n) is 11.7. The van der Waals surface area contributed by atoms with Crippen LogP contribution >= 0.6 is 11.6 Å². The van der Waals surface area contributed by atoms with Gasteiger partial charge in [0.25, 0.3) is 0 Å². The Morgan fingerprint density at radius 2 is 1.89 bits per heavy atom. The summed E-state index contributed by atoms with van der Waals surface area (Å²) in [6.07, 6.45) is 1.40. The highest BCUT2D eigenvalue weighted by atomic mass is 35.5. The number of halogens is 1. The molecule has 2 unspecified atom stereocenters. The van der Waals surface area contributed by atoms with E-state index in [1.54, 1.807) is 18.2 Å². The largest absolute Gasteiger partial charge is 0.381 e. The molecule has 0 fully saturated rings. The normalized spacial score (nSPS) is 14.9. The van der Waals surface area contributed by atoms with E-state index in [1.807, 2.05) is 26.8 Å². The van der Waals surface area contributed by atoms with Gasteiger partial charge in [-0.3, -0.25) is 0 Å². The first-order chi connectivity index (χ1) is 8.86. The van der Waals surface area contributed by atoms with Crippen molar-refractivity contribution < 1.29 is 8.42 Å². The fourth-order valence-corrected chi connectivity index (χ4v) is 3.82. The summed E-state index contributed by atoms with van der Waals surface area (Å²) in [5.74, 6) is 0.173. The highest BCUT2D eigenvalue weighted by Gasteiger charge is 2.18. The average Bonchev–Trinajstić information content (AvgIpc) is 2.28. The monoisotopic (exact) mass is 303 g/mol. The van der Waals surface area contributed by atoms with E-state index in [0.717, 1.165) is 6.42 Å². The molecule has 1 aromatic carbocycles. The van der Waals surface area contributed by atoms with Crippen LogP contribution in [0.3, 0.4) is 0 Å². The molecule has 0 heterocycles. The number of hydrogen-bond acceptors (Lipinski definition) is 3. The van der Waals surface area contributed by atoms with Gasteiger partial charge in [0.15, 0.2) is 9.84 Å². The smallest absolute Gasteiger partial charge is 0.180 e. The van der Waals surface area contributed by atoms with Crippen molar-refractivity contribution in [3.05, 3.63) is 24.3 Å². The molecule has 1 aromatic rings. The Morgan fingerprint density at radius 3 is 2.47 bits per heavy atom. The van der Waals surface area contributed by atoms with Crippen LogP contribution in [-0.2, 0) is 9.84 Å². The van der Waals surface area contributed by atoms with Crippen molar-refractivity contribution in [2.75, 3.05) is 11.1 Å². The van der Waals surface area contributed by atoms with Crippen molar-refractivity contribution in [1.82, 2.24) is 0 Å². The molecule has 0 aliphatic carbocycles. The van der Waals surface area contributed by atoms with E-state index in [4.69, 9.17) is 11.6 Å². The molecule has 5 heteroatoms. The quantitative estimate of drug-likeness (QED) is 0.781. The highest BCUT2D eigenvalue weighted by molar-refractivity contribution is 7.91. The number of sulfone groups is 1. The molecule has 0 bridgehead atoms. The van der Waals surface area contributed by atoms with Gasteiger partial charge in [0.05, 0.1) is 16.3 Å². The van der Waals surface area contributed by atoms with Gasteiger partial charge in [0.1, 0.15) is 0 Å². The summed E-state index contributed by atoms with van der Waals surface area (Å²) in [6.45, 7) is 5.80. The maximum atomic E-state index is 12.2. The minimum Gasteiger partial charge on any atom is -0.381 e. The fraction of sp³-hybridized carbons (Fsp3) is 0.571. The number of anilines is 1. The van der Waals surface area contributed by atoms with Crippen LogP contribution in [0.2, 0.25) is 0 Å². The lowest BCUT2D eigenvalue weighted by molar-refractivity contribution is 0.594. The second-order valence-corrected chi connectivity index (χ2v) is 7.70. The van der Waals surface area contributed by atoms with Crippen molar-refractivity contribution in [3.8, 4) is 0 Å². The molecule has 0 saturated carbocycles. The van der Waals surface area contributed by atoms with E-state index < -0.39 is 9.84 Å². The molecule has 0 aliphatic rings. The molecule has 2 atom stereocenters. The van der Waals surface area contributed by atoms with Crippen molar-refractivity contribution >= 4 is 27.1 Å². The van der Waals surface area contributed by atoms with Crippen LogP contribution in [0.15, 0.2) is 29.2 Å². The third-order valence-electron chi connectivity index (χ3n) is 2.78. The van der Waals surface area contributed by atoms with Gasteiger partial charge >= 0.3 is 0 Å². The molecule has 19 heavy (non-hydrogen) atoms. The average molecular weight is 304 g/mol. The maximum absolute atomic E-state index is 12.2. The lowest BCUT2D eigenvalue weighted by atomic mass is 10.2. The Hall–Kier alpha value is -0.740. The van der Waals surface area contributed by atoms with E-state index in [-0.39, 0.29) is 17.2 Å². The summed E-state index contributed by atoms with van der Waals surface area (Å²) in [7, 11) is -3.21. The van der Waals surface area contributed by atoms with Gasteiger partial charge in [0, 0.05) is 11.4 Å². The van der Waals surface area contributed by atoms with Crippen molar-refractivity contribution in [2.24, 2.45) is 0 Å². The minimum absolute atomic E-state index is 0.0573. The van der Waals surface area contributed by atoms with E-state index in [1.165, 1.54) is 0 Å². The lowest BCUT2D eigenvalue weighted by Crippen LogP contribution is -2.20.